The molecule has 1 aromatic rings. The molecule has 0 radical (unpaired) electrons. The van der Waals surface area contributed by atoms with Gasteiger partial charge in [-0.15, -0.1) is 0 Å². The molecule has 0 saturated carbocycles. The van der Waals surface area contributed by atoms with Gasteiger partial charge in [0.2, 0.25) is 0 Å². The van der Waals surface area contributed by atoms with Gasteiger partial charge in [0.15, 0.2) is 0 Å². The molecule has 14 heavy (non-hydrogen) atoms. The van der Waals surface area contributed by atoms with Gasteiger partial charge in [-0.2, -0.15) is 0 Å². The van der Waals surface area contributed by atoms with E-state index < -0.39 is 0 Å². The van der Waals surface area contributed by atoms with E-state index in [2.05, 4.69) is 41.5 Å². The number of aryl methyl sites for hydroxylation is 1. The minimum absolute atomic E-state index is 0.659. The van der Waals surface area contributed by atoms with Gasteiger partial charge in [-0.25, -0.2) is 0 Å². The van der Waals surface area contributed by atoms with E-state index in [0.717, 1.165) is 6.54 Å². The SMILES string of the molecule is CC#CNCC1CCc2ccccc21. The second kappa shape index (κ2) is 4.19. The third-order valence-electron chi connectivity index (χ3n) is 2.82. The van der Waals surface area contributed by atoms with Crippen molar-refractivity contribution < 1.29 is 0 Å². The average molecular weight is 185 g/mol. The van der Waals surface area contributed by atoms with Crippen molar-refractivity contribution in [3.8, 4) is 12.0 Å². The predicted octanol–water partition coefficient (Wildman–Crippen LogP) is 2.29. The van der Waals surface area contributed by atoms with E-state index in [4.69, 9.17) is 0 Å². The molecule has 1 unspecified atom stereocenters. The maximum atomic E-state index is 3.16. The van der Waals surface area contributed by atoms with Gasteiger partial charge in [0.1, 0.15) is 0 Å². The summed E-state index contributed by atoms with van der Waals surface area (Å²) < 4.78 is 0. The van der Waals surface area contributed by atoms with Crippen molar-refractivity contribution in [1.29, 1.82) is 0 Å². The molecule has 0 saturated heterocycles. The molecule has 0 fully saturated rings. The fourth-order valence-corrected chi connectivity index (χ4v) is 2.12. The molecular formula is C13H15N. The van der Waals surface area contributed by atoms with E-state index in [9.17, 15) is 0 Å². The summed E-state index contributed by atoms with van der Waals surface area (Å²) in [5, 5.41) is 3.16. The first-order valence-corrected chi connectivity index (χ1v) is 5.14. The largest absolute Gasteiger partial charge is 0.345 e. The van der Waals surface area contributed by atoms with Crippen LogP contribution in [0.5, 0.6) is 0 Å². The summed E-state index contributed by atoms with van der Waals surface area (Å²) in [7, 11) is 0. The number of rotatable bonds is 2. The lowest BCUT2D eigenvalue weighted by Gasteiger charge is -2.09. The molecule has 1 aliphatic rings. The summed E-state index contributed by atoms with van der Waals surface area (Å²) in [5.74, 6) is 3.51. The van der Waals surface area contributed by atoms with Crippen LogP contribution < -0.4 is 5.32 Å². The van der Waals surface area contributed by atoms with Gasteiger partial charge in [-0.3, -0.25) is 0 Å². The Balaban J connectivity index is 2.05. The maximum absolute atomic E-state index is 3.16. The molecule has 2 rings (SSSR count). The van der Waals surface area contributed by atoms with Crippen LogP contribution in [-0.2, 0) is 6.42 Å². The van der Waals surface area contributed by atoms with Crippen molar-refractivity contribution in [2.45, 2.75) is 25.7 Å². The molecule has 0 bridgehead atoms. The van der Waals surface area contributed by atoms with Crippen molar-refractivity contribution in [3.05, 3.63) is 35.4 Å². The summed E-state index contributed by atoms with van der Waals surface area (Å²) in [4.78, 5) is 0. The molecule has 1 heteroatoms. The van der Waals surface area contributed by atoms with Crippen molar-refractivity contribution in [1.82, 2.24) is 5.32 Å². The van der Waals surface area contributed by atoms with Crippen LogP contribution in [-0.4, -0.2) is 6.54 Å². The van der Waals surface area contributed by atoms with Gasteiger partial charge in [0.05, 0.1) is 0 Å². The molecule has 0 spiro atoms. The maximum Gasteiger partial charge on any atom is 0.0298 e. The molecule has 0 aliphatic heterocycles. The van der Waals surface area contributed by atoms with Crippen LogP contribution in [0.3, 0.4) is 0 Å². The Morgan fingerprint density at radius 1 is 1.43 bits per heavy atom. The second-order valence-electron chi connectivity index (χ2n) is 3.69. The minimum atomic E-state index is 0.659. The zero-order valence-corrected chi connectivity index (χ0v) is 8.51. The minimum Gasteiger partial charge on any atom is -0.345 e. The van der Waals surface area contributed by atoms with E-state index >= 15 is 0 Å². The smallest absolute Gasteiger partial charge is 0.0298 e. The first-order valence-electron chi connectivity index (χ1n) is 5.14. The quantitative estimate of drug-likeness (QED) is 0.550. The zero-order valence-electron chi connectivity index (χ0n) is 8.51. The van der Waals surface area contributed by atoms with Crippen LogP contribution in [0.4, 0.5) is 0 Å². The van der Waals surface area contributed by atoms with Gasteiger partial charge in [0.25, 0.3) is 0 Å². The van der Waals surface area contributed by atoms with Gasteiger partial charge >= 0.3 is 0 Å². The summed E-state index contributed by atoms with van der Waals surface area (Å²) in [6.07, 6.45) is 2.49. The van der Waals surface area contributed by atoms with Crippen molar-refractivity contribution in [3.63, 3.8) is 0 Å². The topological polar surface area (TPSA) is 12.0 Å². The molecule has 72 valence electrons. The van der Waals surface area contributed by atoms with E-state index in [1.54, 1.807) is 0 Å². The summed E-state index contributed by atoms with van der Waals surface area (Å²) in [6.45, 7) is 2.84. The van der Waals surface area contributed by atoms with Crippen molar-refractivity contribution in [2.75, 3.05) is 6.54 Å². The highest BCUT2D eigenvalue weighted by atomic mass is 14.8. The highest BCUT2D eigenvalue weighted by Gasteiger charge is 2.20. The Hall–Kier alpha value is -1.42. The summed E-state index contributed by atoms with van der Waals surface area (Å²) in [6, 6.07) is 11.6. The lowest BCUT2D eigenvalue weighted by Crippen LogP contribution is -2.14. The molecule has 1 aliphatic carbocycles. The standard InChI is InChI=1S/C13H15N/c1-2-9-14-10-12-8-7-11-5-3-4-6-13(11)12/h3-6,12,14H,7-8,10H2,1H3. The number of benzene rings is 1. The third-order valence-corrected chi connectivity index (χ3v) is 2.82. The van der Waals surface area contributed by atoms with Crippen LogP contribution in [0.1, 0.15) is 30.4 Å². The van der Waals surface area contributed by atoms with Crippen LogP contribution in [0.25, 0.3) is 0 Å². The third kappa shape index (κ3) is 1.75. The monoisotopic (exact) mass is 185 g/mol. The Bertz CT molecular complexity index is 370. The van der Waals surface area contributed by atoms with Gasteiger partial charge in [-0.05, 0) is 30.9 Å². The van der Waals surface area contributed by atoms with Gasteiger partial charge in [-0.1, -0.05) is 30.2 Å². The number of fused-ring (bicyclic) bond motifs is 1. The van der Waals surface area contributed by atoms with Crippen LogP contribution in [0, 0.1) is 12.0 Å². The average Bonchev–Trinajstić information content (AvgIpc) is 2.63. The summed E-state index contributed by atoms with van der Waals surface area (Å²) in [5.41, 5.74) is 3.03. The Morgan fingerprint density at radius 2 is 2.29 bits per heavy atom. The summed E-state index contributed by atoms with van der Waals surface area (Å²) >= 11 is 0. The fraction of sp³-hybridized carbons (Fsp3) is 0.385. The Morgan fingerprint density at radius 3 is 3.14 bits per heavy atom. The van der Waals surface area contributed by atoms with Crippen molar-refractivity contribution in [2.24, 2.45) is 0 Å². The predicted molar refractivity (Wildman–Crippen MR) is 59.0 cm³/mol. The molecule has 1 N–H and O–H groups in total. The van der Waals surface area contributed by atoms with E-state index in [1.165, 1.54) is 24.0 Å². The lowest BCUT2D eigenvalue weighted by atomic mass is 10.0. The highest BCUT2D eigenvalue weighted by Crippen LogP contribution is 2.31. The van der Waals surface area contributed by atoms with E-state index in [0.29, 0.717) is 5.92 Å². The van der Waals surface area contributed by atoms with Gasteiger partial charge in [0, 0.05) is 18.5 Å². The van der Waals surface area contributed by atoms with Crippen molar-refractivity contribution >= 4 is 0 Å². The molecule has 1 atom stereocenters. The number of hydrogen-bond donors (Lipinski definition) is 1. The molecule has 0 aromatic heterocycles. The van der Waals surface area contributed by atoms with E-state index in [-0.39, 0.29) is 0 Å². The second-order valence-corrected chi connectivity index (χ2v) is 3.69. The van der Waals surface area contributed by atoms with Gasteiger partial charge < -0.3 is 5.32 Å². The molecule has 0 heterocycles. The normalized spacial score (nSPS) is 18.2. The first kappa shape index (κ1) is 9.15. The molecular weight excluding hydrogens is 170 g/mol. The van der Waals surface area contributed by atoms with Crippen LogP contribution in [0.15, 0.2) is 24.3 Å². The number of hydrogen-bond acceptors (Lipinski definition) is 1. The number of nitrogens with one attached hydrogen (secondary N) is 1. The highest BCUT2D eigenvalue weighted by molar-refractivity contribution is 5.35. The fourth-order valence-electron chi connectivity index (χ4n) is 2.12. The molecule has 0 amide bonds. The van der Waals surface area contributed by atoms with Crippen LogP contribution in [0.2, 0.25) is 0 Å². The Kier molecular flexibility index (Phi) is 2.74. The first-order chi connectivity index (χ1) is 6.92. The zero-order chi connectivity index (χ0) is 9.80. The lowest BCUT2D eigenvalue weighted by molar-refractivity contribution is 0.647. The van der Waals surface area contributed by atoms with Crippen LogP contribution >= 0.6 is 0 Å². The molecule has 1 aromatic carbocycles. The molecule has 1 nitrogen and oxygen atoms in total. The van der Waals surface area contributed by atoms with E-state index in [1.807, 2.05) is 6.92 Å². The Labute approximate surface area is 85.5 Å².